The highest BCUT2D eigenvalue weighted by molar-refractivity contribution is 7.99. The monoisotopic (exact) mass is 238 g/mol. The second kappa shape index (κ2) is 4.52. The van der Waals surface area contributed by atoms with Gasteiger partial charge in [-0.3, -0.25) is 9.78 Å². The molecule has 6 heteroatoms. The van der Waals surface area contributed by atoms with Gasteiger partial charge in [-0.05, 0) is 6.07 Å². The molecule has 0 aromatic carbocycles. The van der Waals surface area contributed by atoms with E-state index < -0.39 is 12.0 Å². The van der Waals surface area contributed by atoms with Crippen LogP contribution in [-0.4, -0.2) is 39.2 Å². The third-order valence-electron chi connectivity index (χ3n) is 2.42. The van der Waals surface area contributed by atoms with E-state index in [9.17, 15) is 9.59 Å². The molecule has 2 heterocycles. The summed E-state index contributed by atoms with van der Waals surface area (Å²) >= 11 is 1.44. The number of hydrogen-bond acceptors (Lipinski definition) is 4. The number of aromatic nitrogens is 1. The third kappa shape index (κ3) is 1.88. The zero-order chi connectivity index (χ0) is 11.5. The molecule has 1 N–H and O–H groups in total. The van der Waals surface area contributed by atoms with Crippen molar-refractivity contribution in [3.63, 3.8) is 0 Å². The van der Waals surface area contributed by atoms with Crippen LogP contribution in [0.1, 0.15) is 10.9 Å². The zero-order valence-electron chi connectivity index (χ0n) is 8.31. The molecule has 2 rings (SSSR count). The van der Waals surface area contributed by atoms with Gasteiger partial charge >= 0.3 is 5.97 Å². The molecule has 0 radical (unpaired) electrons. The van der Waals surface area contributed by atoms with Crippen molar-refractivity contribution in [2.45, 2.75) is 11.4 Å². The highest BCUT2D eigenvalue weighted by Gasteiger charge is 2.38. The van der Waals surface area contributed by atoms with Crippen LogP contribution in [0.4, 0.5) is 0 Å². The Balaban J connectivity index is 2.24. The first kappa shape index (κ1) is 10.9. The number of carboxylic acids is 1. The van der Waals surface area contributed by atoms with Crippen molar-refractivity contribution in [1.29, 1.82) is 0 Å². The van der Waals surface area contributed by atoms with E-state index >= 15 is 0 Å². The van der Waals surface area contributed by atoms with Gasteiger partial charge in [-0.15, -0.1) is 11.8 Å². The van der Waals surface area contributed by atoms with Crippen LogP contribution < -0.4 is 0 Å². The van der Waals surface area contributed by atoms with Gasteiger partial charge in [-0.25, -0.2) is 4.79 Å². The lowest BCUT2D eigenvalue weighted by Gasteiger charge is -2.22. The molecule has 0 spiro atoms. The number of amides is 1. The first-order valence-electron chi connectivity index (χ1n) is 4.71. The SMILES string of the molecule is O=CN1[C@@H](c2cccnc2)SC[C@H]1C(=O)O. The molecule has 1 aliphatic rings. The second-order valence-corrected chi connectivity index (χ2v) is 4.49. The van der Waals surface area contributed by atoms with E-state index in [1.54, 1.807) is 18.5 Å². The Morgan fingerprint density at radius 1 is 1.69 bits per heavy atom. The van der Waals surface area contributed by atoms with E-state index in [4.69, 9.17) is 5.11 Å². The minimum absolute atomic E-state index is 0.243. The average Bonchev–Trinajstić information content (AvgIpc) is 2.73. The van der Waals surface area contributed by atoms with E-state index in [-0.39, 0.29) is 5.37 Å². The number of thioether (sulfide) groups is 1. The minimum Gasteiger partial charge on any atom is -0.480 e. The molecule has 2 atom stereocenters. The summed E-state index contributed by atoms with van der Waals surface area (Å²) < 4.78 is 0. The fraction of sp³-hybridized carbons (Fsp3) is 0.300. The van der Waals surface area contributed by atoms with Gasteiger partial charge in [-0.2, -0.15) is 0 Å². The molecule has 1 aromatic rings. The molecular formula is C10H10N2O3S. The highest BCUT2D eigenvalue weighted by Crippen LogP contribution is 2.39. The molecule has 0 bridgehead atoms. The third-order valence-corrected chi connectivity index (χ3v) is 3.76. The van der Waals surface area contributed by atoms with Crippen molar-refractivity contribution < 1.29 is 14.7 Å². The predicted octanol–water partition coefficient (Wildman–Crippen LogP) is 0.739. The molecule has 1 fully saturated rings. The molecule has 0 saturated carbocycles. The minimum atomic E-state index is -0.967. The maximum Gasteiger partial charge on any atom is 0.327 e. The lowest BCUT2D eigenvalue weighted by molar-refractivity contribution is -0.145. The van der Waals surface area contributed by atoms with Crippen molar-refractivity contribution in [2.24, 2.45) is 0 Å². The normalized spacial score (nSPS) is 24.4. The molecular weight excluding hydrogens is 228 g/mol. The summed E-state index contributed by atoms with van der Waals surface area (Å²) in [5.41, 5.74) is 0.850. The maximum atomic E-state index is 10.9. The fourth-order valence-electron chi connectivity index (χ4n) is 1.64. The molecule has 1 aliphatic heterocycles. The molecule has 1 saturated heterocycles. The Labute approximate surface area is 96.5 Å². The van der Waals surface area contributed by atoms with Crippen molar-refractivity contribution in [1.82, 2.24) is 9.88 Å². The molecule has 0 unspecified atom stereocenters. The summed E-state index contributed by atoms with van der Waals surface area (Å²) in [5.74, 6) is -0.556. The fourth-order valence-corrected chi connectivity index (χ4v) is 3.02. The summed E-state index contributed by atoms with van der Waals surface area (Å²) in [5, 5.41) is 8.71. The Hall–Kier alpha value is -1.56. The van der Waals surface area contributed by atoms with Crippen LogP contribution in [0.15, 0.2) is 24.5 Å². The van der Waals surface area contributed by atoms with Gasteiger partial charge in [0.1, 0.15) is 11.4 Å². The summed E-state index contributed by atoms with van der Waals surface area (Å²) in [6, 6.07) is 2.87. The van der Waals surface area contributed by atoms with Crippen LogP contribution in [0.3, 0.4) is 0 Å². The number of carbonyl (C=O) groups excluding carboxylic acids is 1. The molecule has 1 amide bonds. The van der Waals surface area contributed by atoms with E-state index in [1.807, 2.05) is 6.07 Å². The molecule has 5 nitrogen and oxygen atoms in total. The lowest BCUT2D eigenvalue weighted by atomic mass is 10.2. The van der Waals surface area contributed by atoms with Gasteiger partial charge < -0.3 is 10.0 Å². The largest absolute Gasteiger partial charge is 0.480 e. The first-order valence-corrected chi connectivity index (χ1v) is 5.76. The summed E-state index contributed by atoms with van der Waals surface area (Å²) in [6.45, 7) is 0. The van der Waals surface area contributed by atoms with Gasteiger partial charge in [0.05, 0.1) is 0 Å². The van der Waals surface area contributed by atoms with Crippen LogP contribution in [0, 0.1) is 0 Å². The van der Waals surface area contributed by atoms with Crippen molar-refractivity contribution in [3.05, 3.63) is 30.1 Å². The zero-order valence-corrected chi connectivity index (χ0v) is 9.13. The van der Waals surface area contributed by atoms with E-state index in [1.165, 1.54) is 16.7 Å². The van der Waals surface area contributed by atoms with Crippen LogP contribution in [-0.2, 0) is 9.59 Å². The van der Waals surface area contributed by atoms with Gasteiger partial charge in [0.2, 0.25) is 6.41 Å². The molecule has 1 aromatic heterocycles. The number of hydrogen-bond donors (Lipinski definition) is 1. The Morgan fingerprint density at radius 3 is 3.06 bits per heavy atom. The summed E-state index contributed by atoms with van der Waals surface area (Å²) in [4.78, 5) is 27.1. The Morgan fingerprint density at radius 2 is 2.50 bits per heavy atom. The highest BCUT2D eigenvalue weighted by atomic mass is 32.2. The van der Waals surface area contributed by atoms with Crippen LogP contribution >= 0.6 is 11.8 Å². The van der Waals surface area contributed by atoms with Crippen LogP contribution in [0.25, 0.3) is 0 Å². The average molecular weight is 238 g/mol. The molecule has 84 valence electrons. The van der Waals surface area contributed by atoms with Gasteiger partial charge in [0.25, 0.3) is 0 Å². The smallest absolute Gasteiger partial charge is 0.327 e. The standard InChI is InChI=1S/C10H10N2O3S/c13-6-12-8(10(14)15)5-16-9(12)7-2-1-3-11-4-7/h1-4,6,8-9H,5H2,(H,14,15)/t8-,9+/m0/s1. The molecule has 0 aliphatic carbocycles. The quantitative estimate of drug-likeness (QED) is 0.786. The first-order chi connectivity index (χ1) is 7.74. The second-order valence-electron chi connectivity index (χ2n) is 3.38. The number of carboxylic acid groups (broad SMARTS) is 1. The number of rotatable bonds is 3. The summed E-state index contributed by atoms with van der Waals surface area (Å²) in [6.07, 6.45) is 3.89. The number of pyridine rings is 1. The van der Waals surface area contributed by atoms with E-state index in [0.717, 1.165) is 5.56 Å². The number of aliphatic carboxylic acids is 1. The maximum absolute atomic E-state index is 10.9. The van der Waals surface area contributed by atoms with Crippen LogP contribution in [0.2, 0.25) is 0 Å². The van der Waals surface area contributed by atoms with Crippen molar-refractivity contribution in [2.75, 3.05) is 5.75 Å². The van der Waals surface area contributed by atoms with Crippen LogP contribution in [0.5, 0.6) is 0 Å². The number of carbonyl (C=O) groups is 2. The number of nitrogens with zero attached hydrogens (tertiary/aromatic N) is 2. The lowest BCUT2D eigenvalue weighted by Crippen LogP contribution is -2.37. The van der Waals surface area contributed by atoms with Gasteiger partial charge in [-0.1, -0.05) is 6.07 Å². The Kier molecular flexibility index (Phi) is 3.09. The van der Waals surface area contributed by atoms with Crippen molar-refractivity contribution in [3.8, 4) is 0 Å². The van der Waals surface area contributed by atoms with E-state index in [0.29, 0.717) is 12.2 Å². The summed E-state index contributed by atoms with van der Waals surface area (Å²) in [7, 11) is 0. The van der Waals surface area contributed by atoms with Gasteiger partial charge in [0.15, 0.2) is 0 Å². The Bertz CT molecular complexity index is 398. The van der Waals surface area contributed by atoms with Crippen molar-refractivity contribution >= 4 is 24.1 Å². The van der Waals surface area contributed by atoms with Gasteiger partial charge in [0, 0.05) is 23.7 Å². The van der Waals surface area contributed by atoms with E-state index in [2.05, 4.69) is 4.98 Å². The molecule has 16 heavy (non-hydrogen) atoms. The topological polar surface area (TPSA) is 70.5 Å². The predicted molar refractivity (Wildman–Crippen MR) is 58.8 cm³/mol.